The second-order valence-corrected chi connectivity index (χ2v) is 8.24. The quantitative estimate of drug-likeness (QED) is 0.691. The lowest BCUT2D eigenvalue weighted by Gasteiger charge is -2.36. The number of nitrogens with one attached hydrogen (secondary N) is 1. The predicted octanol–water partition coefficient (Wildman–Crippen LogP) is 3.63. The van der Waals surface area contributed by atoms with Crippen LogP contribution in [0.3, 0.4) is 0 Å². The molecule has 4 rings (SSSR count). The number of carbonyl (C=O) groups excluding carboxylic acids is 1. The topological polar surface area (TPSA) is 44.8 Å². The number of carbonyl (C=O) groups is 1. The van der Waals surface area contributed by atoms with Gasteiger partial charge in [0.25, 0.3) is 5.91 Å². The van der Waals surface area contributed by atoms with Gasteiger partial charge in [0.2, 0.25) is 0 Å². The Labute approximate surface area is 183 Å². The van der Waals surface area contributed by atoms with Crippen LogP contribution in [0.15, 0.2) is 48.0 Å². The van der Waals surface area contributed by atoms with E-state index in [4.69, 9.17) is 4.74 Å². The fraction of sp³-hybridized carbons (Fsp3) is 0.400. The van der Waals surface area contributed by atoms with Crippen molar-refractivity contribution >= 4 is 17.7 Å². The number of fused-ring (bicyclic) bond motifs is 1. The van der Waals surface area contributed by atoms with Gasteiger partial charge in [-0.15, -0.1) is 0 Å². The minimum Gasteiger partial charge on any atom is -0.488 e. The molecule has 2 heterocycles. The van der Waals surface area contributed by atoms with Crippen molar-refractivity contribution in [3.8, 4) is 5.75 Å². The zero-order valence-electron chi connectivity index (χ0n) is 18.1. The first-order chi connectivity index (χ1) is 15.1. The minimum atomic E-state index is -0.149. The van der Waals surface area contributed by atoms with Gasteiger partial charge in [-0.05, 0) is 56.7 Å². The summed E-state index contributed by atoms with van der Waals surface area (Å²) in [6.07, 6.45) is 3.89. The molecule has 0 bridgehead atoms. The first-order valence-electron chi connectivity index (χ1n) is 11.0. The molecule has 0 atom stereocenters. The summed E-state index contributed by atoms with van der Waals surface area (Å²) in [5.41, 5.74) is 3.48. The Hall–Kier alpha value is -2.86. The summed E-state index contributed by atoms with van der Waals surface area (Å²) in [5, 5.41) is 3.01. The molecule has 0 aliphatic carbocycles. The summed E-state index contributed by atoms with van der Waals surface area (Å²) >= 11 is 0. The molecule has 1 N–H and O–H groups in total. The molecule has 1 saturated heterocycles. The molecule has 1 fully saturated rings. The lowest BCUT2D eigenvalue weighted by Crippen LogP contribution is -2.47. The van der Waals surface area contributed by atoms with Crippen LogP contribution in [0.5, 0.6) is 5.75 Å². The highest BCUT2D eigenvalue weighted by Crippen LogP contribution is 2.27. The smallest absolute Gasteiger partial charge is 0.250 e. The SMILES string of the molecule is Cc1ccc2c(c1)C=C(C(=O)NCCCCN1CCN(c3ccccc3F)CC1)CO2. The lowest BCUT2D eigenvalue weighted by molar-refractivity contribution is -0.117. The summed E-state index contributed by atoms with van der Waals surface area (Å²) in [7, 11) is 0. The van der Waals surface area contributed by atoms with Gasteiger partial charge in [0.1, 0.15) is 18.2 Å². The molecule has 2 aliphatic rings. The van der Waals surface area contributed by atoms with Crippen LogP contribution in [0.1, 0.15) is 24.0 Å². The molecule has 6 heteroatoms. The van der Waals surface area contributed by atoms with Gasteiger partial charge in [0, 0.05) is 38.3 Å². The van der Waals surface area contributed by atoms with E-state index in [2.05, 4.69) is 15.1 Å². The van der Waals surface area contributed by atoms with Gasteiger partial charge in [-0.3, -0.25) is 9.69 Å². The van der Waals surface area contributed by atoms with Gasteiger partial charge in [-0.25, -0.2) is 4.39 Å². The fourth-order valence-corrected chi connectivity index (χ4v) is 4.12. The van der Waals surface area contributed by atoms with Gasteiger partial charge >= 0.3 is 0 Å². The van der Waals surface area contributed by atoms with Crippen LogP contribution in [0.2, 0.25) is 0 Å². The number of anilines is 1. The zero-order valence-corrected chi connectivity index (χ0v) is 18.1. The number of rotatable bonds is 7. The van der Waals surface area contributed by atoms with Gasteiger partial charge in [0.05, 0.1) is 11.3 Å². The van der Waals surface area contributed by atoms with Gasteiger partial charge in [-0.1, -0.05) is 23.8 Å². The maximum absolute atomic E-state index is 13.9. The maximum atomic E-state index is 13.9. The van der Waals surface area contributed by atoms with Gasteiger partial charge in [-0.2, -0.15) is 0 Å². The standard InChI is InChI=1S/C25H30FN3O2/c1-19-8-9-24-20(16-19)17-21(18-31-24)25(30)27-10-4-5-11-28-12-14-29(15-13-28)23-7-3-2-6-22(23)26/h2-3,6-9,16-17H,4-5,10-15,18H2,1H3,(H,27,30). The summed E-state index contributed by atoms with van der Waals surface area (Å²) in [4.78, 5) is 17.0. The number of nitrogens with zero attached hydrogens (tertiary/aromatic N) is 2. The van der Waals surface area contributed by atoms with Crippen LogP contribution in [-0.2, 0) is 4.79 Å². The van der Waals surface area contributed by atoms with E-state index in [1.165, 1.54) is 6.07 Å². The van der Waals surface area contributed by atoms with E-state index in [9.17, 15) is 9.18 Å². The highest BCUT2D eigenvalue weighted by molar-refractivity contribution is 5.99. The number of unbranched alkanes of at least 4 members (excludes halogenated alkanes) is 1. The largest absolute Gasteiger partial charge is 0.488 e. The normalized spacial score (nSPS) is 16.3. The minimum absolute atomic E-state index is 0.0503. The number of benzene rings is 2. The number of hydrogen-bond acceptors (Lipinski definition) is 4. The Kier molecular flexibility index (Phi) is 6.87. The number of hydrogen-bond donors (Lipinski definition) is 1. The number of halogens is 1. The predicted molar refractivity (Wildman–Crippen MR) is 122 cm³/mol. The van der Waals surface area contributed by atoms with E-state index < -0.39 is 0 Å². The molecule has 164 valence electrons. The van der Waals surface area contributed by atoms with Crippen LogP contribution < -0.4 is 15.0 Å². The number of ether oxygens (including phenoxy) is 1. The monoisotopic (exact) mass is 423 g/mol. The van der Waals surface area contributed by atoms with Crippen molar-refractivity contribution in [2.45, 2.75) is 19.8 Å². The molecule has 0 radical (unpaired) electrons. The Morgan fingerprint density at radius 2 is 1.90 bits per heavy atom. The van der Waals surface area contributed by atoms with E-state index >= 15 is 0 Å². The van der Waals surface area contributed by atoms with Crippen molar-refractivity contribution < 1.29 is 13.9 Å². The van der Waals surface area contributed by atoms with Crippen molar-refractivity contribution in [1.82, 2.24) is 10.2 Å². The summed E-state index contributed by atoms with van der Waals surface area (Å²) in [5.74, 6) is 0.631. The molecule has 31 heavy (non-hydrogen) atoms. The average Bonchev–Trinajstić information content (AvgIpc) is 2.79. The number of amides is 1. The van der Waals surface area contributed by atoms with Crippen LogP contribution in [-0.4, -0.2) is 56.7 Å². The number of aryl methyl sites for hydroxylation is 1. The summed E-state index contributed by atoms with van der Waals surface area (Å²) in [6.45, 7) is 7.55. The summed E-state index contributed by atoms with van der Waals surface area (Å²) in [6, 6.07) is 13.0. The molecule has 5 nitrogen and oxygen atoms in total. The Morgan fingerprint density at radius 3 is 2.71 bits per heavy atom. The van der Waals surface area contributed by atoms with Crippen molar-refractivity contribution in [2.75, 3.05) is 50.8 Å². The van der Waals surface area contributed by atoms with Crippen molar-refractivity contribution in [3.63, 3.8) is 0 Å². The van der Waals surface area contributed by atoms with Crippen molar-refractivity contribution in [1.29, 1.82) is 0 Å². The number of para-hydroxylation sites is 1. The highest BCUT2D eigenvalue weighted by Gasteiger charge is 2.19. The third-order valence-electron chi connectivity index (χ3n) is 5.92. The van der Waals surface area contributed by atoms with Crippen LogP contribution in [0.25, 0.3) is 6.08 Å². The second kappa shape index (κ2) is 9.96. The third kappa shape index (κ3) is 5.44. The molecule has 1 amide bonds. The zero-order chi connectivity index (χ0) is 21.6. The molecule has 2 aliphatic heterocycles. The Balaban J connectivity index is 1.15. The van der Waals surface area contributed by atoms with Crippen LogP contribution in [0.4, 0.5) is 10.1 Å². The molecule has 0 aromatic heterocycles. The van der Waals surface area contributed by atoms with Gasteiger partial charge < -0.3 is 15.0 Å². The van der Waals surface area contributed by atoms with E-state index in [-0.39, 0.29) is 11.7 Å². The maximum Gasteiger partial charge on any atom is 0.250 e. The highest BCUT2D eigenvalue weighted by atomic mass is 19.1. The van der Waals surface area contributed by atoms with E-state index in [0.717, 1.165) is 62.4 Å². The molecular weight excluding hydrogens is 393 g/mol. The summed E-state index contributed by atoms with van der Waals surface area (Å²) < 4.78 is 19.7. The molecule has 0 unspecified atom stereocenters. The van der Waals surface area contributed by atoms with E-state index in [1.54, 1.807) is 6.07 Å². The second-order valence-electron chi connectivity index (χ2n) is 8.24. The lowest BCUT2D eigenvalue weighted by atomic mass is 10.0. The molecular formula is C25H30FN3O2. The van der Waals surface area contributed by atoms with Crippen LogP contribution in [0, 0.1) is 12.7 Å². The average molecular weight is 424 g/mol. The Bertz CT molecular complexity index is 952. The fourth-order valence-electron chi connectivity index (χ4n) is 4.12. The first kappa shape index (κ1) is 21.4. The molecule has 0 saturated carbocycles. The van der Waals surface area contributed by atoms with E-state index in [1.807, 2.05) is 43.3 Å². The van der Waals surface area contributed by atoms with Crippen molar-refractivity contribution in [3.05, 3.63) is 65.0 Å². The van der Waals surface area contributed by atoms with E-state index in [0.29, 0.717) is 24.4 Å². The van der Waals surface area contributed by atoms with Crippen LogP contribution >= 0.6 is 0 Å². The molecule has 0 spiro atoms. The third-order valence-corrected chi connectivity index (χ3v) is 5.92. The van der Waals surface area contributed by atoms with Crippen molar-refractivity contribution in [2.24, 2.45) is 0 Å². The Morgan fingerprint density at radius 1 is 1.10 bits per heavy atom. The van der Waals surface area contributed by atoms with Gasteiger partial charge in [0.15, 0.2) is 0 Å². The molecule has 2 aromatic carbocycles. The first-order valence-corrected chi connectivity index (χ1v) is 11.0. The number of piperazine rings is 1. The molecule has 2 aromatic rings.